The summed E-state index contributed by atoms with van der Waals surface area (Å²) in [6.45, 7) is 2.11. The molecule has 21 heavy (non-hydrogen) atoms. The van der Waals surface area contributed by atoms with Crippen LogP contribution in [0.5, 0.6) is 5.75 Å². The number of hydrogen-bond acceptors (Lipinski definition) is 2. The van der Waals surface area contributed by atoms with Crippen LogP contribution in [0.4, 0.5) is 0 Å². The molecule has 2 atom stereocenters. The first kappa shape index (κ1) is 13.6. The monoisotopic (exact) mass is 285 g/mol. The summed E-state index contributed by atoms with van der Waals surface area (Å²) in [4.78, 5) is 0. The van der Waals surface area contributed by atoms with E-state index in [2.05, 4.69) is 29.6 Å². The quantitative estimate of drug-likeness (QED) is 0.896. The van der Waals surface area contributed by atoms with Gasteiger partial charge >= 0.3 is 0 Å². The summed E-state index contributed by atoms with van der Waals surface area (Å²) < 4.78 is 5.86. The molecular formula is C19H27NO. The van der Waals surface area contributed by atoms with E-state index in [0.717, 1.165) is 18.3 Å². The smallest absolute Gasteiger partial charge is 0.122 e. The summed E-state index contributed by atoms with van der Waals surface area (Å²) in [7, 11) is 0. The van der Waals surface area contributed by atoms with Gasteiger partial charge in [-0.2, -0.15) is 0 Å². The van der Waals surface area contributed by atoms with Gasteiger partial charge in [0, 0.05) is 5.54 Å². The predicted octanol–water partition coefficient (Wildman–Crippen LogP) is 4.26. The van der Waals surface area contributed by atoms with Gasteiger partial charge in [0.15, 0.2) is 0 Å². The van der Waals surface area contributed by atoms with Crippen LogP contribution in [0.15, 0.2) is 24.3 Å². The molecule has 2 aliphatic heterocycles. The number of nitrogens with one attached hydrogen (secondary N) is 1. The van der Waals surface area contributed by atoms with Crippen LogP contribution in [0.3, 0.4) is 0 Å². The normalized spacial score (nSPS) is 32.9. The zero-order valence-electron chi connectivity index (χ0n) is 12.9. The number of hydrogen-bond donors (Lipinski definition) is 1. The van der Waals surface area contributed by atoms with Crippen LogP contribution in [-0.2, 0) is 0 Å². The van der Waals surface area contributed by atoms with Crippen LogP contribution >= 0.6 is 0 Å². The highest BCUT2D eigenvalue weighted by molar-refractivity contribution is 5.38. The first-order valence-corrected chi connectivity index (χ1v) is 8.84. The second kappa shape index (κ2) is 5.64. The minimum atomic E-state index is 0.422. The van der Waals surface area contributed by atoms with Crippen LogP contribution in [0, 0.1) is 5.92 Å². The van der Waals surface area contributed by atoms with E-state index in [-0.39, 0.29) is 0 Å². The van der Waals surface area contributed by atoms with Crippen molar-refractivity contribution in [3.63, 3.8) is 0 Å². The lowest BCUT2D eigenvalue weighted by Gasteiger charge is -2.39. The lowest BCUT2D eigenvalue weighted by atomic mass is 9.76. The van der Waals surface area contributed by atoms with Crippen LogP contribution in [0.1, 0.15) is 62.8 Å². The summed E-state index contributed by atoms with van der Waals surface area (Å²) in [5, 5.41) is 3.99. The Kier molecular flexibility index (Phi) is 3.66. The average Bonchev–Trinajstić information content (AvgIpc) is 3.35. The third-order valence-electron chi connectivity index (χ3n) is 5.83. The molecule has 2 unspecified atom stereocenters. The Balaban J connectivity index is 1.59. The lowest BCUT2D eigenvalue weighted by Crippen LogP contribution is -2.48. The van der Waals surface area contributed by atoms with E-state index in [1.54, 1.807) is 0 Å². The third-order valence-corrected chi connectivity index (χ3v) is 5.83. The van der Waals surface area contributed by atoms with Crippen LogP contribution in [-0.4, -0.2) is 18.7 Å². The van der Waals surface area contributed by atoms with Gasteiger partial charge in [-0.3, -0.25) is 0 Å². The van der Waals surface area contributed by atoms with Gasteiger partial charge in [0.1, 0.15) is 5.75 Å². The molecule has 4 rings (SSSR count). The first-order chi connectivity index (χ1) is 10.4. The summed E-state index contributed by atoms with van der Waals surface area (Å²) in [6, 6.07) is 8.70. The Bertz CT molecular complexity index is 486. The van der Waals surface area contributed by atoms with Crippen molar-refractivity contribution in [2.75, 3.05) is 13.2 Å². The molecule has 2 nitrogen and oxygen atoms in total. The Morgan fingerprint density at radius 1 is 1.10 bits per heavy atom. The highest BCUT2D eigenvalue weighted by Gasteiger charge is 2.46. The maximum Gasteiger partial charge on any atom is 0.122 e. The molecule has 1 aliphatic carbocycles. The summed E-state index contributed by atoms with van der Waals surface area (Å²) in [5.74, 6) is 2.75. The molecule has 1 N–H and O–H groups in total. The largest absolute Gasteiger partial charge is 0.493 e. The number of rotatable bonds is 3. The van der Waals surface area contributed by atoms with Crippen LogP contribution in [0.25, 0.3) is 0 Å². The SMILES string of the molecule is c1ccc2c(c1)OCCC2CC1(C2CC2)CCCCCN1. The maximum absolute atomic E-state index is 5.86. The van der Waals surface area contributed by atoms with E-state index in [9.17, 15) is 0 Å². The van der Waals surface area contributed by atoms with E-state index < -0.39 is 0 Å². The van der Waals surface area contributed by atoms with Crippen LogP contribution < -0.4 is 10.1 Å². The molecule has 0 amide bonds. The molecule has 1 aromatic rings. The summed E-state index contributed by atoms with van der Waals surface area (Å²) >= 11 is 0. The molecule has 114 valence electrons. The molecular weight excluding hydrogens is 258 g/mol. The Morgan fingerprint density at radius 3 is 2.90 bits per heavy atom. The predicted molar refractivity (Wildman–Crippen MR) is 85.8 cm³/mol. The average molecular weight is 285 g/mol. The highest BCUT2D eigenvalue weighted by Crippen LogP contribution is 2.49. The van der Waals surface area contributed by atoms with E-state index in [0.29, 0.717) is 11.5 Å². The second-order valence-electron chi connectivity index (χ2n) is 7.24. The van der Waals surface area contributed by atoms with Gasteiger partial charge in [-0.1, -0.05) is 31.0 Å². The fourth-order valence-corrected chi connectivity index (χ4v) is 4.56. The zero-order valence-corrected chi connectivity index (χ0v) is 12.9. The van der Waals surface area contributed by atoms with E-state index >= 15 is 0 Å². The summed E-state index contributed by atoms with van der Waals surface area (Å²) in [6.07, 6.45) is 11.0. The molecule has 1 saturated heterocycles. The number of para-hydroxylation sites is 1. The van der Waals surface area contributed by atoms with Crippen molar-refractivity contribution in [1.29, 1.82) is 0 Å². The van der Waals surface area contributed by atoms with Gasteiger partial charge in [0.25, 0.3) is 0 Å². The van der Waals surface area contributed by atoms with Gasteiger partial charge in [0.05, 0.1) is 6.61 Å². The maximum atomic E-state index is 5.86. The summed E-state index contributed by atoms with van der Waals surface area (Å²) in [5.41, 5.74) is 1.88. The van der Waals surface area contributed by atoms with Gasteiger partial charge in [-0.05, 0) is 68.5 Å². The molecule has 2 heteroatoms. The van der Waals surface area contributed by atoms with Crippen molar-refractivity contribution in [3.8, 4) is 5.75 Å². The molecule has 0 aromatic heterocycles. The molecule has 0 bridgehead atoms. The Hall–Kier alpha value is -1.02. The standard InChI is InChI=1S/C19H27NO/c1-4-11-19(16-8-9-16,20-12-5-1)14-15-10-13-21-18-7-3-2-6-17(15)18/h2-3,6-7,15-16,20H,1,4-5,8-14H2. The molecule has 0 spiro atoms. The molecule has 1 saturated carbocycles. The van der Waals surface area contributed by atoms with Crippen molar-refractivity contribution in [2.45, 2.75) is 62.8 Å². The Morgan fingerprint density at radius 2 is 2.00 bits per heavy atom. The molecule has 0 radical (unpaired) electrons. The highest BCUT2D eigenvalue weighted by atomic mass is 16.5. The molecule has 1 aromatic carbocycles. The van der Waals surface area contributed by atoms with Crippen molar-refractivity contribution in [3.05, 3.63) is 29.8 Å². The molecule has 2 heterocycles. The van der Waals surface area contributed by atoms with Gasteiger partial charge < -0.3 is 10.1 Å². The second-order valence-corrected chi connectivity index (χ2v) is 7.24. The van der Waals surface area contributed by atoms with Crippen molar-refractivity contribution in [2.24, 2.45) is 5.92 Å². The minimum Gasteiger partial charge on any atom is -0.493 e. The zero-order chi connectivity index (χ0) is 14.1. The fourth-order valence-electron chi connectivity index (χ4n) is 4.56. The first-order valence-electron chi connectivity index (χ1n) is 8.84. The van der Waals surface area contributed by atoms with E-state index in [4.69, 9.17) is 4.74 Å². The van der Waals surface area contributed by atoms with Crippen LogP contribution in [0.2, 0.25) is 0 Å². The van der Waals surface area contributed by atoms with Gasteiger partial charge in [-0.15, -0.1) is 0 Å². The number of fused-ring (bicyclic) bond motifs is 1. The number of benzene rings is 1. The number of ether oxygens (including phenoxy) is 1. The molecule has 2 fully saturated rings. The van der Waals surface area contributed by atoms with Crippen molar-refractivity contribution < 1.29 is 4.74 Å². The van der Waals surface area contributed by atoms with Crippen molar-refractivity contribution >= 4 is 0 Å². The minimum absolute atomic E-state index is 0.422. The van der Waals surface area contributed by atoms with Gasteiger partial charge in [0.2, 0.25) is 0 Å². The van der Waals surface area contributed by atoms with E-state index in [1.165, 1.54) is 63.5 Å². The van der Waals surface area contributed by atoms with E-state index in [1.807, 2.05) is 0 Å². The van der Waals surface area contributed by atoms with Gasteiger partial charge in [-0.25, -0.2) is 0 Å². The van der Waals surface area contributed by atoms with Crippen molar-refractivity contribution in [1.82, 2.24) is 5.32 Å². The third kappa shape index (κ3) is 2.70. The lowest BCUT2D eigenvalue weighted by molar-refractivity contribution is 0.199. The fraction of sp³-hybridized carbons (Fsp3) is 0.684. The molecule has 3 aliphatic rings. The Labute approximate surface area is 128 Å². The topological polar surface area (TPSA) is 21.3 Å².